The molecule has 1 unspecified atom stereocenters. The first-order chi connectivity index (χ1) is 12.7. The summed E-state index contributed by atoms with van der Waals surface area (Å²) in [6, 6.07) is 2.57. The number of ether oxygens (including phenoxy) is 1. The van der Waals surface area contributed by atoms with Crippen LogP contribution in [-0.2, 0) is 9.53 Å². The van der Waals surface area contributed by atoms with Gasteiger partial charge in [-0.1, -0.05) is 0 Å². The fraction of sp³-hybridized carbons (Fsp3) is 0.737. The van der Waals surface area contributed by atoms with Crippen molar-refractivity contribution < 1.29 is 9.53 Å². The van der Waals surface area contributed by atoms with Crippen molar-refractivity contribution in [2.75, 3.05) is 51.3 Å². The maximum absolute atomic E-state index is 12.4. The summed E-state index contributed by atoms with van der Waals surface area (Å²) < 4.78 is 5.01. The van der Waals surface area contributed by atoms with Gasteiger partial charge in [0, 0.05) is 45.5 Å². The molecule has 144 valence electrons. The van der Waals surface area contributed by atoms with E-state index < -0.39 is 0 Å². The highest BCUT2D eigenvalue weighted by molar-refractivity contribution is 5.78. The number of likely N-dealkylation sites (tertiary alicyclic amines) is 1. The van der Waals surface area contributed by atoms with Crippen LogP contribution in [0.2, 0.25) is 0 Å². The fourth-order valence-electron chi connectivity index (χ4n) is 4.05. The van der Waals surface area contributed by atoms with E-state index in [-0.39, 0.29) is 11.8 Å². The third-order valence-electron chi connectivity index (χ3n) is 5.50. The molecule has 1 aromatic rings. The lowest BCUT2D eigenvalue weighted by Crippen LogP contribution is -2.51. The van der Waals surface area contributed by atoms with E-state index in [0.717, 1.165) is 63.5 Å². The fourth-order valence-corrected chi connectivity index (χ4v) is 4.05. The number of nitrogens with zero attached hydrogens (tertiary/aromatic N) is 4. The Hall–Kier alpha value is -1.73. The molecule has 0 aliphatic carbocycles. The molecule has 1 N–H and O–H groups in total. The number of amides is 1. The summed E-state index contributed by atoms with van der Waals surface area (Å²) in [5.74, 6) is 2.15. The molecule has 0 radical (unpaired) electrons. The molecular formula is C19H31N5O2. The van der Waals surface area contributed by atoms with Crippen LogP contribution in [0.15, 0.2) is 12.3 Å². The maximum Gasteiger partial charge on any atom is 0.224 e. The lowest BCUT2D eigenvalue weighted by molar-refractivity contribution is -0.127. The average Bonchev–Trinajstić information content (AvgIpc) is 2.68. The Bertz CT molecular complexity index is 589. The number of piperidine rings is 2. The Balaban J connectivity index is 1.48. The molecule has 2 fully saturated rings. The van der Waals surface area contributed by atoms with E-state index in [1.165, 1.54) is 0 Å². The summed E-state index contributed by atoms with van der Waals surface area (Å²) in [4.78, 5) is 26.0. The highest BCUT2D eigenvalue weighted by atomic mass is 16.5. The predicted octanol–water partition coefficient (Wildman–Crippen LogP) is 1.23. The molecule has 2 aliphatic heterocycles. The molecule has 3 rings (SSSR count). The van der Waals surface area contributed by atoms with E-state index >= 15 is 0 Å². The van der Waals surface area contributed by atoms with Gasteiger partial charge < -0.3 is 15.0 Å². The quantitative estimate of drug-likeness (QED) is 0.769. The molecule has 1 atom stereocenters. The second kappa shape index (κ2) is 9.28. The smallest absolute Gasteiger partial charge is 0.224 e. The molecule has 7 nitrogen and oxygen atoms in total. The summed E-state index contributed by atoms with van der Waals surface area (Å²) in [6.07, 6.45) is 6.19. The Kier molecular flexibility index (Phi) is 6.80. The second-order valence-electron chi connectivity index (χ2n) is 7.30. The van der Waals surface area contributed by atoms with Crippen molar-refractivity contribution >= 4 is 11.7 Å². The van der Waals surface area contributed by atoms with Gasteiger partial charge >= 0.3 is 0 Å². The van der Waals surface area contributed by atoms with Crippen molar-refractivity contribution in [3.63, 3.8) is 0 Å². The van der Waals surface area contributed by atoms with Crippen molar-refractivity contribution in [3.05, 3.63) is 18.1 Å². The number of methoxy groups -OCH3 is 1. The molecular weight excluding hydrogens is 330 g/mol. The topological polar surface area (TPSA) is 70.6 Å². The van der Waals surface area contributed by atoms with Crippen molar-refractivity contribution in [1.29, 1.82) is 0 Å². The third kappa shape index (κ3) is 4.92. The van der Waals surface area contributed by atoms with Gasteiger partial charge in [0.1, 0.15) is 11.6 Å². The van der Waals surface area contributed by atoms with E-state index in [1.807, 2.05) is 19.2 Å². The van der Waals surface area contributed by atoms with Gasteiger partial charge in [-0.25, -0.2) is 9.97 Å². The predicted molar refractivity (Wildman–Crippen MR) is 101 cm³/mol. The van der Waals surface area contributed by atoms with E-state index in [2.05, 4.69) is 25.1 Å². The monoisotopic (exact) mass is 361 g/mol. The summed E-state index contributed by atoms with van der Waals surface area (Å²) in [5, 5.41) is 3.00. The van der Waals surface area contributed by atoms with E-state index in [1.54, 1.807) is 7.11 Å². The van der Waals surface area contributed by atoms with Gasteiger partial charge in [0.2, 0.25) is 5.91 Å². The highest BCUT2D eigenvalue weighted by Crippen LogP contribution is 2.25. The zero-order chi connectivity index (χ0) is 18.4. The highest BCUT2D eigenvalue weighted by Gasteiger charge is 2.31. The van der Waals surface area contributed by atoms with Crippen molar-refractivity contribution in [2.24, 2.45) is 5.92 Å². The molecule has 1 aromatic heterocycles. The minimum Gasteiger partial charge on any atom is -0.383 e. The number of rotatable bonds is 6. The van der Waals surface area contributed by atoms with Crippen LogP contribution in [0.1, 0.15) is 31.5 Å². The Morgan fingerprint density at radius 2 is 2.12 bits per heavy atom. The van der Waals surface area contributed by atoms with Gasteiger partial charge in [0.15, 0.2) is 0 Å². The van der Waals surface area contributed by atoms with Crippen LogP contribution in [0.4, 0.5) is 5.82 Å². The van der Waals surface area contributed by atoms with E-state index in [0.29, 0.717) is 19.2 Å². The van der Waals surface area contributed by atoms with Gasteiger partial charge in [0.05, 0.1) is 12.5 Å². The molecule has 26 heavy (non-hydrogen) atoms. The largest absolute Gasteiger partial charge is 0.383 e. The van der Waals surface area contributed by atoms with E-state index in [4.69, 9.17) is 4.74 Å². The lowest BCUT2D eigenvalue weighted by Gasteiger charge is -2.42. The van der Waals surface area contributed by atoms with Crippen LogP contribution in [0, 0.1) is 12.8 Å². The summed E-state index contributed by atoms with van der Waals surface area (Å²) in [7, 11) is 1.66. The zero-order valence-electron chi connectivity index (χ0n) is 16.0. The third-order valence-corrected chi connectivity index (χ3v) is 5.50. The molecule has 0 bridgehead atoms. The molecule has 0 saturated carbocycles. The minimum absolute atomic E-state index is 0.114. The first kappa shape index (κ1) is 19.0. The van der Waals surface area contributed by atoms with Gasteiger partial charge in [-0.05, 0) is 45.2 Å². The number of carbonyl (C=O) groups is 1. The first-order valence-electron chi connectivity index (χ1n) is 9.72. The van der Waals surface area contributed by atoms with Crippen molar-refractivity contribution in [3.8, 4) is 0 Å². The van der Waals surface area contributed by atoms with Gasteiger partial charge in [0.25, 0.3) is 0 Å². The van der Waals surface area contributed by atoms with Crippen LogP contribution >= 0.6 is 0 Å². The van der Waals surface area contributed by atoms with Crippen LogP contribution in [0.3, 0.4) is 0 Å². The molecule has 3 heterocycles. The van der Waals surface area contributed by atoms with Gasteiger partial charge in [-0.15, -0.1) is 0 Å². The zero-order valence-corrected chi connectivity index (χ0v) is 16.0. The van der Waals surface area contributed by atoms with Crippen LogP contribution < -0.4 is 10.2 Å². The molecule has 2 aliphatic rings. The van der Waals surface area contributed by atoms with E-state index in [9.17, 15) is 4.79 Å². The Labute approximate surface area is 156 Å². The standard InChI is InChI=1S/C19H31N5O2/c1-15-20-8-5-18(22-15)23-11-6-17(7-12-23)24-10-3-4-16(14-24)19(25)21-9-13-26-2/h5,8,16-17H,3-4,6-7,9-14H2,1-2H3,(H,21,25). The number of aromatic nitrogens is 2. The Morgan fingerprint density at radius 3 is 2.85 bits per heavy atom. The first-order valence-corrected chi connectivity index (χ1v) is 9.72. The number of nitrogens with one attached hydrogen (secondary N) is 1. The van der Waals surface area contributed by atoms with Gasteiger partial charge in [-0.3, -0.25) is 9.69 Å². The molecule has 2 saturated heterocycles. The molecule has 1 amide bonds. The Morgan fingerprint density at radius 1 is 1.31 bits per heavy atom. The molecule has 7 heteroatoms. The van der Waals surface area contributed by atoms with Crippen molar-refractivity contribution in [2.45, 2.75) is 38.6 Å². The summed E-state index contributed by atoms with van der Waals surface area (Å²) >= 11 is 0. The minimum atomic E-state index is 0.114. The average molecular weight is 361 g/mol. The van der Waals surface area contributed by atoms with Crippen molar-refractivity contribution in [1.82, 2.24) is 20.2 Å². The maximum atomic E-state index is 12.4. The van der Waals surface area contributed by atoms with Crippen LogP contribution in [0.5, 0.6) is 0 Å². The number of anilines is 1. The lowest BCUT2D eigenvalue weighted by atomic mass is 9.93. The number of carbonyl (C=O) groups excluding carboxylic acids is 1. The normalized spacial score (nSPS) is 22.4. The summed E-state index contributed by atoms with van der Waals surface area (Å²) in [6.45, 7) is 7.13. The number of hydrogen-bond donors (Lipinski definition) is 1. The summed E-state index contributed by atoms with van der Waals surface area (Å²) in [5.41, 5.74) is 0. The van der Waals surface area contributed by atoms with Crippen LogP contribution in [-0.4, -0.2) is 73.3 Å². The van der Waals surface area contributed by atoms with Gasteiger partial charge in [-0.2, -0.15) is 0 Å². The molecule has 0 aromatic carbocycles. The number of aryl methyl sites for hydroxylation is 1. The molecule has 0 spiro atoms. The SMILES string of the molecule is COCCNC(=O)C1CCCN(C2CCN(c3ccnc(C)n3)CC2)C1. The van der Waals surface area contributed by atoms with Crippen LogP contribution in [0.25, 0.3) is 0 Å². The number of hydrogen-bond acceptors (Lipinski definition) is 6. The second-order valence-corrected chi connectivity index (χ2v) is 7.30.